The van der Waals surface area contributed by atoms with Crippen LogP contribution in [0.3, 0.4) is 0 Å². The normalized spacial score (nSPS) is 12.3. The van der Waals surface area contributed by atoms with Gasteiger partial charge in [-0.05, 0) is 67.5 Å². The fourth-order valence-electron chi connectivity index (χ4n) is 4.40. The fraction of sp³-hybridized carbons (Fsp3) is 0.586. The lowest BCUT2D eigenvalue weighted by atomic mass is 10.0. The molecule has 0 N–H and O–H groups in total. The van der Waals surface area contributed by atoms with Crippen LogP contribution in [0.4, 0.5) is 11.4 Å². The molecule has 0 unspecified atom stereocenters. The summed E-state index contributed by atoms with van der Waals surface area (Å²) in [6.07, 6.45) is 11.6. The molecule has 0 bridgehead atoms. The third kappa shape index (κ3) is 8.43. The molecule has 0 fully saturated rings. The molecule has 0 aliphatic rings. The van der Waals surface area contributed by atoms with Crippen LogP contribution in [0.25, 0.3) is 0 Å². The first-order chi connectivity index (χ1) is 14.8. The third-order valence-electron chi connectivity index (χ3n) is 6.82. The van der Waals surface area contributed by atoms with Crippen molar-refractivity contribution in [1.29, 1.82) is 0 Å². The second kappa shape index (κ2) is 12.4. The van der Waals surface area contributed by atoms with Gasteiger partial charge in [0, 0.05) is 0 Å². The quantitative estimate of drug-likeness (QED) is 0.217. The predicted molar refractivity (Wildman–Crippen MR) is 141 cm³/mol. The topological polar surface area (TPSA) is 0 Å². The lowest BCUT2D eigenvalue weighted by Gasteiger charge is -2.29. The predicted octanol–water partition coefficient (Wildman–Crippen LogP) is 7.57. The van der Waals surface area contributed by atoms with E-state index in [1.165, 1.54) is 87.0 Å². The minimum absolute atomic E-state index is 0.976. The molecule has 0 radical (unpaired) electrons. The van der Waals surface area contributed by atoms with Gasteiger partial charge in [0.1, 0.15) is 11.4 Å². The Morgan fingerprint density at radius 1 is 0.484 bits per heavy atom. The van der Waals surface area contributed by atoms with Crippen molar-refractivity contribution < 1.29 is 0 Å². The SMILES string of the molecule is CCCCCC[N+](C)(C)c1ccc(Cc2ccc([N+](C)(C)CCCCCC)cc2)cc1. The largest absolute Gasteiger partial charge is 0.296 e. The summed E-state index contributed by atoms with van der Waals surface area (Å²) >= 11 is 0. The molecule has 0 saturated heterocycles. The molecule has 0 amide bonds. The van der Waals surface area contributed by atoms with Gasteiger partial charge in [-0.2, -0.15) is 0 Å². The van der Waals surface area contributed by atoms with Crippen molar-refractivity contribution in [2.24, 2.45) is 0 Å². The molecule has 0 heterocycles. The van der Waals surface area contributed by atoms with Gasteiger partial charge in [0.25, 0.3) is 0 Å². The fourth-order valence-corrected chi connectivity index (χ4v) is 4.40. The third-order valence-corrected chi connectivity index (χ3v) is 6.82. The maximum absolute atomic E-state index is 2.34. The zero-order valence-electron chi connectivity index (χ0n) is 21.3. The van der Waals surface area contributed by atoms with E-state index in [0.29, 0.717) is 0 Å². The Hall–Kier alpha value is -1.64. The minimum atomic E-state index is 0.976. The number of quaternary nitrogens is 2. The van der Waals surface area contributed by atoms with E-state index in [2.05, 4.69) is 90.6 Å². The highest BCUT2D eigenvalue weighted by molar-refractivity contribution is 5.46. The summed E-state index contributed by atoms with van der Waals surface area (Å²) < 4.78 is 1.95. The molecule has 0 aromatic heterocycles. The zero-order valence-corrected chi connectivity index (χ0v) is 21.3. The van der Waals surface area contributed by atoms with E-state index in [-0.39, 0.29) is 0 Å². The first kappa shape index (κ1) is 25.6. The number of benzene rings is 2. The van der Waals surface area contributed by atoms with Gasteiger partial charge in [-0.1, -0.05) is 63.8 Å². The monoisotopic (exact) mass is 424 g/mol. The van der Waals surface area contributed by atoms with Crippen LogP contribution in [0.1, 0.15) is 76.3 Å². The first-order valence-electron chi connectivity index (χ1n) is 12.6. The minimum Gasteiger partial charge on any atom is -0.296 e. The van der Waals surface area contributed by atoms with E-state index in [9.17, 15) is 0 Å². The Labute approximate surface area is 193 Å². The summed E-state index contributed by atoms with van der Waals surface area (Å²) in [7, 11) is 9.34. The van der Waals surface area contributed by atoms with Crippen molar-refractivity contribution in [1.82, 2.24) is 8.97 Å². The molecule has 0 aliphatic carbocycles. The maximum atomic E-state index is 2.34. The molecule has 2 aromatic carbocycles. The van der Waals surface area contributed by atoms with Crippen molar-refractivity contribution in [3.05, 3.63) is 59.7 Å². The van der Waals surface area contributed by atoms with Gasteiger partial charge >= 0.3 is 0 Å². The maximum Gasteiger partial charge on any atom is 0.132 e. The van der Waals surface area contributed by atoms with E-state index in [0.717, 1.165) is 15.4 Å². The Balaban J connectivity index is 1.93. The molecule has 2 heteroatoms. The Morgan fingerprint density at radius 3 is 1.16 bits per heavy atom. The summed E-state index contributed by atoms with van der Waals surface area (Å²) in [6.45, 7) is 6.99. The number of rotatable bonds is 14. The summed E-state index contributed by atoms with van der Waals surface area (Å²) in [5.41, 5.74) is 5.63. The van der Waals surface area contributed by atoms with Crippen molar-refractivity contribution in [3.63, 3.8) is 0 Å². The van der Waals surface area contributed by atoms with Crippen LogP contribution in [0, 0.1) is 0 Å². The van der Waals surface area contributed by atoms with E-state index in [1.54, 1.807) is 0 Å². The molecular formula is C29H48N2+2. The second-order valence-electron chi connectivity index (χ2n) is 10.4. The van der Waals surface area contributed by atoms with Crippen molar-refractivity contribution in [3.8, 4) is 0 Å². The van der Waals surface area contributed by atoms with Gasteiger partial charge in [-0.25, -0.2) is 0 Å². The second-order valence-corrected chi connectivity index (χ2v) is 10.4. The zero-order chi connectivity index (χ0) is 22.7. The van der Waals surface area contributed by atoms with Gasteiger partial charge in [-0.3, -0.25) is 8.97 Å². The van der Waals surface area contributed by atoms with E-state index in [1.807, 2.05) is 0 Å². The van der Waals surface area contributed by atoms with E-state index in [4.69, 9.17) is 0 Å². The molecule has 0 saturated carbocycles. The van der Waals surface area contributed by atoms with E-state index >= 15 is 0 Å². The number of unbranched alkanes of at least 4 members (excludes halogenated alkanes) is 6. The molecule has 0 spiro atoms. The molecule has 31 heavy (non-hydrogen) atoms. The summed E-state index contributed by atoms with van der Waals surface area (Å²) in [4.78, 5) is 0. The van der Waals surface area contributed by atoms with Crippen LogP contribution in [0.5, 0.6) is 0 Å². The highest BCUT2D eigenvalue weighted by atomic mass is 15.3. The standard InChI is InChI=1S/C29H48N2/c1-7-9-11-13-23-30(3,4)28-19-15-26(16-20-28)25-27-17-21-29(22-18-27)31(5,6)24-14-12-10-8-2/h15-22H,7-14,23-25H2,1-6H3/q+2. The van der Waals surface area contributed by atoms with Gasteiger partial charge in [0.15, 0.2) is 0 Å². The van der Waals surface area contributed by atoms with Crippen molar-refractivity contribution >= 4 is 11.4 Å². The molecular weight excluding hydrogens is 376 g/mol. The Bertz CT molecular complexity index is 676. The molecule has 172 valence electrons. The molecule has 2 rings (SSSR count). The van der Waals surface area contributed by atoms with Crippen LogP contribution >= 0.6 is 0 Å². The van der Waals surface area contributed by atoms with Crippen molar-refractivity contribution in [2.45, 2.75) is 71.6 Å². The van der Waals surface area contributed by atoms with Gasteiger partial charge in [0.05, 0.1) is 41.3 Å². The molecule has 2 nitrogen and oxygen atoms in total. The van der Waals surface area contributed by atoms with E-state index < -0.39 is 0 Å². The van der Waals surface area contributed by atoms with Crippen LogP contribution in [0.15, 0.2) is 48.5 Å². The Kier molecular flexibility index (Phi) is 10.3. The summed E-state index contributed by atoms with van der Waals surface area (Å²) in [6, 6.07) is 18.6. The number of hydrogen-bond acceptors (Lipinski definition) is 0. The van der Waals surface area contributed by atoms with Gasteiger partial charge in [0.2, 0.25) is 0 Å². The van der Waals surface area contributed by atoms with Crippen LogP contribution in [0.2, 0.25) is 0 Å². The van der Waals surface area contributed by atoms with Gasteiger partial charge < -0.3 is 0 Å². The molecule has 2 aromatic rings. The van der Waals surface area contributed by atoms with Crippen LogP contribution in [-0.2, 0) is 6.42 Å². The number of nitrogens with zero attached hydrogens (tertiary/aromatic N) is 2. The average molecular weight is 425 g/mol. The molecule has 0 atom stereocenters. The number of hydrogen-bond donors (Lipinski definition) is 0. The molecule has 0 aliphatic heterocycles. The van der Waals surface area contributed by atoms with Crippen LogP contribution < -0.4 is 8.97 Å². The summed E-state index contributed by atoms with van der Waals surface area (Å²) in [5.74, 6) is 0. The lowest BCUT2D eigenvalue weighted by molar-refractivity contribution is 0.382. The van der Waals surface area contributed by atoms with Gasteiger partial charge in [-0.15, -0.1) is 0 Å². The average Bonchev–Trinajstić information content (AvgIpc) is 2.75. The lowest BCUT2D eigenvalue weighted by Crippen LogP contribution is -2.41. The van der Waals surface area contributed by atoms with Crippen LogP contribution in [-0.4, -0.2) is 41.3 Å². The van der Waals surface area contributed by atoms with Crippen molar-refractivity contribution in [2.75, 3.05) is 41.3 Å². The first-order valence-corrected chi connectivity index (χ1v) is 12.6. The smallest absolute Gasteiger partial charge is 0.132 e. The summed E-state index contributed by atoms with van der Waals surface area (Å²) in [5, 5.41) is 0. The highest BCUT2D eigenvalue weighted by Gasteiger charge is 2.19. The highest BCUT2D eigenvalue weighted by Crippen LogP contribution is 2.24. The Morgan fingerprint density at radius 2 is 0.839 bits per heavy atom.